The van der Waals surface area contributed by atoms with E-state index in [0.717, 1.165) is 48.5 Å². The van der Waals surface area contributed by atoms with Crippen molar-refractivity contribution in [2.75, 3.05) is 32.7 Å². The van der Waals surface area contributed by atoms with E-state index in [1.165, 1.54) is 0 Å². The van der Waals surface area contributed by atoms with Crippen LogP contribution in [-0.4, -0.2) is 58.6 Å². The van der Waals surface area contributed by atoms with E-state index >= 15 is 0 Å². The van der Waals surface area contributed by atoms with Gasteiger partial charge in [-0.25, -0.2) is 0 Å². The highest BCUT2D eigenvalue weighted by Crippen LogP contribution is 2.23. The Balaban J connectivity index is 1.08. The van der Waals surface area contributed by atoms with E-state index in [-0.39, 0.29) is 11.9 Å². The van der Waals surface area contributed by atoms with Gasteiger partial charge >= 0.3 is 0 Å². The van der Waals surface area contributed by atoms with Crippen molar-refractivity contribution < 1.29 is 13.7 Å². The number of para-hydroxylation sites is 1. The zero-order valence-corrected chi connectivity index (χ0v) is 18.6. The van der Waals surface area contributed by atoms with Gasteiger partial charge in [0.1, 0.15) is 11.3 Å². The maximum Gasteiger partial charge on any atom is 0.241 e. The largest absolute Gasteiger partial charge is 0.459 e. The molecule has 1 aliphatic rings. The van der Waals surface area contributed by atoms with E-state index in [9.17, 15) is 4.79 Å². The van der Waals surface area contributed by atoms with Gasteiger partial charge in [-0.05, 0) is 19.1 Å². The highest BCUT2D eigenvalue weighted by molar-refractivity contribution is 5.80. The minimum atomic E-state index is -0.178. The number of nitrogens with zero attached hydrogens (tertiary/aromatic N) is 4. The highest BCUT2D eigenvalue weighted by Gasteiger charge is 2.22. The maximum atomic E-state index is 12.6. The molecule has 170 valence electrons. The van der Waals surface area contributed by atoms with Gasteiger partial charge < -0.3 is 14.3 Å². The molecule has 8 heteroatoms. The first kappa shape index (κ1) is 21.4. The standard InChI is InChI=1S/C25H27N5O3/c1-18(22-15-20-9-5-6-10-21(20)32-22)26-23(31)16-29-11-13-30(14-12-29)17-24-27-25(28-33-24)19-7-3-2-4-8-19/h2-10,15,18H,11-14,16-17H2,1H3,(H,26,31). The lowest BCUT2D eigenvalue weighted by molar-refractivity contribution is -0.123. The minimum absolute atomic E-state index is 0.000750. The number of hydrogen-bond donors (Lipinski definition) is 1. The molecule has 5 rings (SSSR count). The van der Waals surface area contributed by atoms with Crippen molar-refractivity contribution in [3.63, 3.8) is 0 Å². The number of hydrogen-bond acceptors (Lipinski definition) is 7. The molecular formula is C25H27N5O3. The lowest BCUT2D eigenvalue weighted by Gasteiger charge is -2.33. The molecule has 4 aromatic rings. The second kappa shape index (κ2) is 9.56. The van der Waals surface area contributed by atoms with Crippen LogP contribution >= 0.6 is 0 Å². The van der Waals surface area contributed by atoms with Crippen molar-refractivity contribution in [2.45, 2.75) is 19.5 Å². The molecule has 8 nitrogen and oxygen atoms in total. The van der Waals surface area contributed by atoms with Crippen LogP contribution < -0.4 is 5.32 Å². The molecule has 0 aliphatic carbocycles. The Morgan fingerprint density at radius 2 is 1.76 bits per heavy atom. The summed E-state index contributed by atoms with van der Waals surface area (Å²) in [5, 5.41) is 8.18. The third kappa shape index (κ3) is 5.13. The van der Waals surface area contributed by atoms with Crippen molar-refractivity contribution in [1.82, 2.24) is 25.3 Å². The van der Waals surface area contributed by atoms with Gasteiger partial charge in [-0.2, -0.15) is 4.98 Å². The summed E-state index contributed by atoms with van der Waals surface area (Å²) >= 11 is 0. The molecule has 1 aliphatic heterocycles. The van der Waals surface area contributed by atoms with Crippen molar-refractivity contribution >= 4 is 16.9 Å². The fourth-order valence-electron chi connectivity index (χ4n) is 4.10. The molecule has 1 saturated heterocycles. The van der Waals surface area contributed by atoms with Gasteiger partial charge in [0.05, 0.1) is 19.1 Å². The molecule has 1 fully saturated rings. The van der Waals surface area contributed by atoms with Crippen LogP contribution in [0.2, 0.25) is 0 Å². The van der Waals surface area contributed by atoms with E-state index in [0.29, 0.717) is 24.8 Å². The molecule has 1 unspecified atom stereocenters. The normalized spacial score (nSPS) is 16.2. The Bertz CT molecular complexity index is 1180. The van der Waals surface area contributed by atoms with Gasteiger partial charge in [0.2, 0.25) is 17.6 Å². The van der Waals surface area contributed by atoms with Crippen LogP contribution in [0.5, 0.6) is 0 Å². The second-order valence-electron chi connectivity index (χ2n) is 8.41. The lowest BCUT2D eigenvalue weighted by Crippen LogP contribution is -2.49. The first-order valence-corrected chi connectivity index (χ1v) is 11.2. The zero-order valence-electron chi connectivity index (χ0n) is 18.6. The Kier molecular flexibility index (Phi) is 6.19. The van der Waals surface area contributed by atoms with Gasteiger partial charge in [-0.1, -0.05) is 53.7 Å². The SMILES string of the molecule is CC(NC(=O)CN1CCN(Cc2nc(-c3ccccc3)no2)CC1)c1cc2ccccc2o1. The highest BCUT2D eigenvalue weighted by atomic mass is 16.5. The Labute approximate surface area is 192 Å². The van der Waals surface area contributed by atoms with E-state index < -0.39 is 0 Å². The van der Waals surface area contributed by atoms with Crippen LogP contribution in [0.1, 0.15) is 24.6 Å². The summed E-state index contributed by atoms with van der Waals surface area (Å²) in [6.45, 7) is 6.24. The smallest absolute Gasteiger partial charge is 0.241 e. The number of rotatable bonds is 7. The molecule has 1 atom stereocenters. The van der Waals surface area contributed by atoms with E-state index in [4.69, 9.17) is 8.94 Å². The van der Waals surface area contributed by atoms with E-state index in [1.807, 2.05) is 67.6 Å². The van der Waals surface area contributed by atoms with E-state index in [2.05, 4.69) is 25.3 Å². The number of benzene rings is 2. The predicted molar refractivity (Wildman–Crippen MR) is 124 cm³/mol. The predicted octanol–water partition coefficient (Wildman–Crippen LogP) is 3.48. The molecule has 0 spiro atoms. The number of carbonyl (C=O) groups excluding carboxylic acids is 1. The molecule has 0 radical (unpaired) electrons. The molecule has 3 heterocycles. The number of nitrogens with one attached hydrogen (secondary N) is 1. The van der Waals surface area contributed by atoms with Crippen LogP contribution in [0.4, 0.5) is 0 Å². The van der Waals surface area contributed by atoms with E-state index in [1.54, 1.807) is 0 Å². The maximum absolute atomic E-state index is 12.6. The summed E-state index contributed by atoms with van der Waals surface area (Å²) in [6, 6.07) is 19.5. The number of carbonyl (C=O) groups is 1. The minimum Gasteiger partial charge on any atom is -0.459 e. The quantitative estimate of drug-likeness (QED) is 0.466. The summed E-state index contributed by atoms with van der Waals surface area (Å²) in [5.74, 6) is 1.99. The number of amides is 1. The van der Waals surface area contributed by atoms with Crippen LogP contribution in [-0.2, 0) is 11.3 Å². The van der Waals surface area contributed by atoms with Crippen LogP contribution in [0.25, 0.3) is 22.4 Å². The Hall–Kier alpha value is -3.49. The number of fused-ring (bicyclic) bond motifs is 1. The average Bonchev–Trinajstić information content (AvgIpc) is 3.48. The van der Waals surface area contributed by atoms with Gasteiger partial charge in [0.25, 0.3) is 0 Å². The summed E-state index contributed by atoms with van der Waals surface area (Å²) < 4.78 is 11.3. The molecule has 33 heavy (non-hydrogen) atoms. The molecule has 2 aromatic heterocycles. The topological polar surface area (TPSA) is 87.6 Å². The Morgan fingerprint density at radius 3 is 2.55 bits per heavy atom. The molecule has 1 amide bonds. The third-order valence-corrected chi connectivity index (χ3v) is 5.94. The fraction of sp³-hybridized carbons (Fsp3) is 0.320. The van der Waals surface area contributed by atoms with Crippen LogP contribution in [0.15, 0.2) is 69.6 Å². The van der Waals surface area contributed by atoms with Gasteiger partial charge in [0.15, 0.2) is 0 Å². The van der Waals surface area contributed by atoms with Gasteiger partial charge in [0, 0.05) is 37.1 Å². The summed E-state index contributed by atoms with van der Waals surface area (Å²) in [5.41, 5.74) is 1.78. The van der Waals surface area contributed by atoms with Gasteiger partial charge in [-0.15, -0.1) is 0 Å². The average molecular weight is 446 g/mol. The molecule has 1 N–H and O–H groups in total. The number of furan rings is 1. The Morgan fingerprint density at radius 1 is 1.03 bits per heavy atom. The number of aromatic nitrogens is 2. The molecule has 0 bridgehead atoms. The summed E-state index contributed by atoms with van der Waals surface area (Å²) in [6.07, 6.45) is 0. The van der Waals surface area contributed by atoms with Gasteiger partial charge in [-0.3, -0.25) is 14.6 Å². The second-order valence-corrected chi connectivity index (χ2v) is 8.41. The van der Waals surface area contributed by atoms with Crippen molar-refractivity contribution in [1.29, 1.82) is 0 Å². The molecule has 0 saturated carbocycles. The van der Waals surface area contributed by atoms with Crippen molar-refractivity contribution in [3.8, 4) is 11.4 Å². The lowest BCUT2D eigenvalue weighted by atomic mass is 10.2. The van der Waals surface area contributed by atoms with Crippen molar-refractivity contribution in [3.05, 3.63) is 72.3 Å². The van der Waals surface area contributed by atoms with Crippen LogP contribution in [0, 0.1) is 0 Å². The zero-order chi connectivity index (χ0) is 22.6. The third-order valence-electron chi connectivity index (χ3n) is 5.94. The summed E-state index contributed by atoms with van der Waals surface area (Å²) in [7, 11) is 0. The van der Waals surface area contributed by atoms with Crippen molar-refractivity contribution in [2.24, 2.45) is 0 Å². The first-order valence-electron chi connectivity index (χ1n) is 11.2. The monoisotopic (exact) mass is 445 g/mol. The van der Waals surface area contributed by atoms with Crippen LogP contribution in [0.3, 0.4) is 0 Å². The number of piperazine rings is 1. The summed E-state index contributed by atoms with van der Waals surface area (Å²) in [4.78, 5) is 21.5. The molecular weight excluding hydrogens is 418 g/mol. The first-order chi connectivity index (χ1) is 16.1. The molecule has 2 aromatic carbocycles. The fourth-order valence-corrected chi connectivity index (χ4v) is 4.10.